The number of nitrogens with zero attached hydrogens (tertiary/aromatic N) is 4. The van der Waals surface area contributed by atoms with Gasteiger partial charge in [-0.25, -0.2) is 19.9 Å². The second-order valence-corrected chi connectivity index (χ2v) is 8.38. The van der Waals surface area contributed by atoms with Gasteiger partial charge in [-0.1, -0.05) is 40.7 Å². The molecule has 4 rings (SSSR count). The second kappa shape index (κ2) is 6.93. The van der Waals surface area contributed by atoms with Crippen LogP contribution in [0.1, 0.15) is 58.1 Å². The maximum atomic E-state index is 4.88. The lowest BCUT2D eigenvalue weighted by molar-refractivity contribution is 0.507. The van der Waals surface area contributed by atoms with Gasteiger partial charge in [0.25, 0.3) is 0 Å². The molecule has 0 radical (unpaired) electrons. The van der Waals surface area contributed by atoms with Crippen molar-refractivity contribution in [2.45, 2.75) is 52.4 Å². The van der Waals surface area contributed by atoms with E-state index in [1.165, 1.54) is 11.1 Å². The fourth-order valence-electron chi connectivity index (χ4n) is 3.40. The van der Waals surface area contributed by atoms with Gasteiger partial charge in [-0.15, -0.1) is 0 Å². The van der Waals surface area contributed by atoms with Crippen LogP contribution in [0.3, 0.4) is 0 Å². The van der Waals surface area contributed by atoms with Gasteiger partial charge < -0.3 is 0 Å². The molecule has 0 N–H and O–H groups in total. The van der Waals surface area contributed by atoms with Crippen LogP contribution in [0.5, 0.6) is 0 Å². The monoisotopic (exact) mass is 370 g/mol. The van der Waals surface area contributed by atoms with E-state index in [1.807, 2.05) is 12.4 Å². The number of benzene rings is 2. The van der Waals surface area contributed by atoms with Gasteiger partial charge >= 0.3 is 0 Å². The van der Waals surface area contributed by atoms with E-state index in [9.17, 15) is 0 Å². The maximum absolute atomic E-state index is 4.88. The Hall–Kier alpha value is -2.88. The minimum atomic E-state index is 0.0525. The Morgan fingerprint density at radius 1 is 0.964 bits per heavy atom. The second-order valence-electron chi connectivity index (χ2n) is 8.38. The molecule has 0 saturated carbocycles. The van der Waals surface area contributed by atoms with Gasteiger partial charge in [0.15, 0.2) is 5.82 Å². The molecule has 0 spiro atoms. The first-order valence-corrected chi connectivity index (χ1v) is 9.90. The van der Waals surface area contributed by atoms with Crippen LogP contribution in [0.4, 0.5) is 0 Å². The summed E-state index contributed by atoms with van der Waals surface area (Å²) < 4.78 is 0. The Balaban J connectivity index is 1.93. The molecule has 0 bridgehead atoms. The molecule has 4 heteroatoms. The lowest BCUT2D eigenvalue weighted by Gasteiger charge is -2.24. The molecule has 28 heavy (non-hydrogen) atoms. The first-order valence-electron chi connectivity index (χ1n) is 9.90. The SMILES string of the molecule is CCC(C)(C)c1cc(-c2ncc3cc(C(C)C)ccc3n2)c2cncnc2c1. The van der Waals surface area contributed by atoms with E-state index in [1.54, 1.807) is 6.33 Å². The fourth-order valence-corrected chi connectivity index (χ4v) is 3.40. The van der Waals surface area contributed by atoms with Crippen molar-refractivity contribution in [1.82, 2.24) is 19.9 Å². The quantitative estimate of drug-likeness (QED) is 0.439. The first kappa shape index (κ1) is 18.5. The topological polar surface area (TPSA) is 51.6 Å². The van der Waals surface area contributed by atoms with E-state index in [0.29, 0.717) is 5.92 Å². The molecular formula is C24H26N4. The molecular weight excluding hydrogens is 344 g/mol. The number of hydrogen-bond acceptors (Lipinski definition) is 4. The van der Waals surface area contributed by atoms with Gasteiger partial charge in [-0.05, 0) is 53.1 Å². The molecule has 0 fully saturated rings. The number of hydrogen-bond donors (Lipinski definition) is 0. The summed E-state index contributed by atoms with van der Waals surface area (Å²) in [5, 5.41) is 2.05. The first-order chi connectivity index (χ1) is 13.4. The normalized spacial score (nSPS) is 12.2. The van der Waals surface area contributed by atoms with Crippen LogP contribution in [-0.2, 0) is 5.41 Å². The third-order valence-electron chi connectivity index (χ3n) is 5.80. The largest absolute Gasteiger partial charge is 0.244 e. The predicted octanol–water partition coefficient (Wildman–Crippen LogP) is 6.05. The summed E-state index contributed by atoms with van der Waals surface area (Å²) in [6.45, 7) is 11.1. The summed E-state index contributed by atoms with van der Waals surface area (Å²) in [6.07, 6.45) is 6.43. The van der Waals surface area contributed by atoms with Crippen LogP contribution in [-0.4, -0.2) is 19.9 Å². The zero-order valence-corrected chi connectivity index (χ0v) is 17.2. The van der Waals surface area contributed by atoms with Crippen molar-refractivity contribution in [1.29, 1.82) is 0 Å². The maximum Gasteiger partial charge on any atom is 0.160 e. The molecule has 142 valence electrons. The van der Waals surface area contributed by atoms with Crippen molar-refractivity contribution in [3.05, 3.63) is 60.2 Å². The van der Waals surface area contributed by atoms with E-state index in [-0.39, 0.29) is 5.41 Å². The van der Waals surface area contributed by atoms with E-state index >= 15 is 0 Å². The third-order valence-corrected chi connectivity index (χ3v) is 5.80. The smallest absolute Gasteiger partial charge is 0.160 e. The summed E-state index contributed by atoms with van der Waals surface area (Å²) in [5.74, 6) is 1.21. The van der Waals surface area contributed by atoms with Crippen LogP contribution in [0.2, 0.25) is 0 Å². The molecule has 4 nitrogen and oxygen atoms in total. The van der Waals surface area contributed by atoms with E-state index in [4.69, 9.17) is 9.97 Å². The predicted molar refractivity (Wildman–Crippen MR) is 115 cm³/mol. The molecule has 0 atom stereocenters. The fraction of sp³-hybridized carbons (Fsp3) is 0.333. The molecule has 0 aliphatic rings. The molecule has 0 unspecified atom stereocenters. The highest BCUT2D eigenvalue weighted by Crippen LogP contribution is 2.34. The third kappa shape index (κ3) is 3.24. The molecule has 0 saturated heterocycles. The zero-order chi connectivity index (χ0) is 19.9. The molecule has 4 aromatic rings. The van der Waals surface area contributed by atoms with Crippen molar-refractivity contribution in [3.8, 4) is 11.4 Å². The van der Waals surface area contributed by atoms with Crippen LogP contribution >= 0.6 is 0 Å². The Morgan fingerprint density at radius 2 is 1.79 bits per heavy atom. The van der Waals surface area contributed by atoms with Crippen LogP contribution in [0, 0.1) is 0 Å². The Morgan fingerprint density at radius 3 is 2.54 bits per heavy atom. The van der Waals surface area contributed by atoms with Gasteiger partial charge in [0.05, 0.1) is 11.0 Å². The van der Waals surface area contributed by atoms with E-state index in [0.717, 1.165) is 39.6 Å². The van der Waals surface area contributed by atoms with E-state index in [2.05, 4.69) is 74.9 Å². The molecule has 2 heterocycles. The molecule has 0 amide bonds. The number of rotatable bonds is 4. The van der Waals surface area contributed by atoms with Crippen molar-refractivity contribution in [2.24, 2.45) is 0 Å². The Kier molecular flexibility index (Phi) is 4.58. The highest BCUT2D eigenvalue weighted by atomic mass is 14.9. The standard InChI is InChI=1S/C24H26N4/c1-6-24(4,5)18-10-19(20-13-25-14-27-22(20)11-18)23-26-12-17-9-16(15(2)3)7-8-21(17)28-23/h7-15H,6H2,1-5H3. The highest BCUT2D eigenvalue weighted by molar-refractivity contribution is 5.94. The molecule has 0 aliphatic heterocycles. The van der Waals surface area contributed by atoms with Gasteiger partial charge in [-0.3, -0.25) is 0 Å². The summed E-state index contributed by atoms with van der Waals surface area (Å²) in [5.41, 5.74) is 5.48. The lowest BCUT2D eigenvalue weighted by atomic mass is 9.81. The summed E-state index contributed by atoms with van der Waals surface area (Å²) in [6, 6.07) is 10.8. The summed E-state index contributed by atoms with van der Waals surface area (Å²) in [4.78, 5) is 18.3. The molecule has 2 aromatic carbocycles. The van der Waals surface area contributed by atoms with Gasteiger partial charge in [0.1, 0.15) is 6.33 Å². The average Bonchev–Trinajstić information content (AvgIpc) is 2.72. The molecule has 2 aromatic heterocycles. The van der Waals surface area contributed by atoms with Crippen LogP contribution in [0.15, 0.2) is 49.1 Å². The van der Waals surface area contributed by atoms with Gasteiger partial charge in [-0.2, -0.15) is 0 Å². The van der Waals surface area contributed by atoms with Gasteiger partial charge in [0, 0.05) is 28.7 Å². The molecule has 0 aliphatic carbocycles. The summed E-state index contributed by atoms with van der Waals surface area (Å²) in [7, 11) is 0. The minimum absolute atomic E-state index is 0.0525. The zero-order valence-electron chi connectivity index (χ0n) is 17.2. The Labute approximate surface area is 166 Å². The van der Waals surface area contributed by atoms with Crippen molar-refractivity contribution >= 4 is 21.8 Å². The van der Waals surface area contributed by atoms with Crippen LogP contribution in [0.25, 0.3) is 33.2 Å². The highest BCUT2D eigenvalue weighted by Gasteiger charge is 2.21. The summed E-state index contributed by atoms with van der Waals surface area (Å²) >= 11 is 0. The Bertz CT molecular complexity index is 1160. The number of fused-ring (bicyclic) bond motifs is 2. The van der Waals surface area contributed by atoms with E-state index < -0.39 is 0 Å². The average molecular weight is 371 g/mol. The minimum Gasteiger partial charge on any atom is -0.244 e. The van der Waals surface area contributed by atoms with Crippen molar-refractivity contribution < 1.29 is 0 Å². The number of aromatic nitrogens is 4. The van der Waals surface area contributed by atoms with Gasteiger partial charge in [0.2, 0.25) is 0 Å². The lowest BCUT2D eigenvalue weighted by Crippen LogP contribution is -2.15. The van der Waals surface area contributed by atoms with Crippen molar-refractivity contribution in [2.75, 3.05) is 0 Å². The van der Waals surface area contributed by atoms with Crippen molar-refractivity contribution in [3.63, 3.8) is 0 Å². The van der Waals surface area contributed by atoms with Crippen LogP contribution < -0.4 is 0 Å².